The van der Waals surface area contributed by atoms with Gasteiger partial charge in [0.15, 0.2) is 0 Å². The van der Waals surface area contributed by atoms with Crippen LogP contribution in [-0.2, 0) is 26.2 Å². The minimum Gasteiger partial charge on any atom is -0.373 e. The topological polar surface area (TPSA) is 0 Å². The molecule has 0 aliphatic heterocycles. The van der Waals surface area contributed by atoms with Crippen LogP contribution >= 0.6 is 0 Å². The van der Waals surface area contributed by atoms with Gasteiger partial charge in [-0.1, -0.05) is 104 Å². The molecule has 25 heavy (non-hydrogen) atoms. The minimum absolute atomic E-state index is 0. The molecule has 3 aliphatic rings. The maximum atomic E-state index is 3.55. The van der Waals surface area contributed by atoms with Gasteiger partial charge in [0.1, 0.15) is 0 Å². The van der Waals surface area contributed by atoms with Crippen LogP contribution in [0, 0.1) is 12.2 Å². The minimum atomic E-state index is 0. The van der Waals surface area contributed by atoms with E-state index in [9.17, 15) is 0 Å². The van der Waals surface area contributed by atoms with E-state index in [4.69, 9.17) is 0 Å². The average Bonchev–Trinajstić information content (AvgIpc) is 3.37. The third-order valence-corrected chi connectivity index (χ3v) is 5.14. The monoisotopic (exact) mass is 420 g/mol. The summed E-state index contributed by atoms with van der Waals surface area (Å²) in [4.78, 5) is 0. The summed E-state index contributed by atoms with van der Waals surface area (Å²) in [5, 5.41) is 0. The van der Waals surface area contributed by atoms with Crippen molar-refractivity contribution in [1.29, 1.82) is 0 Å². The Morgan fingerprint density at radius 2 is 0.800 bits per heavy atom. The Bertz CT molecular complexity index is 283. The van der Waals surface area contributed by atoms with Crippen molar-refractivity contribution in [2.45, 2.75) is 129 Å². The summed E-state index contributed by atoms with van der Waals surface area (Å²) < 4.78 is 0. The molecule has 0 radical (unpaired) electrons. The first-order valence-corrected chi connectivity index (χ1v) is 11.1. The first kappa shape index (κ1) is 25.4. The van der Waals surface area contributed by atoms with Gasteiger partial charge in [-0.2, -0.15) is 0 Å². The van der Waals surface area contributed by atoms with Crippen LogP contribution in [0.25, 0.3) is 0 Å². The van der Waals surface area contributed by atoms with Crippen molar-refractivity contribution >= 4 is 0 Å². The molecule has 3 saturated carbocycles. The fraction of sp³-hybridized carbons (Fsp3) is 0.833. The van der Waals surface area contributed by atoms with Crippen molar-refractivity contribution in [3.8, 4) is 0 Å². The summed E-state index contributed by atoms with van der Waals surface area (Å²) >= 11 is 0. The van der Waals surface area contributed by atoms with Gasteiger partial charge in [0.05, 0.1) is 0 Å². The Morgan fingerprint density at radius 3 is 1.04 bits per heavy atom. The summed E-state index contributed by atoms with van der Waals surface area (Å²) in [7, 11) is 0. The summed E-state index contributed by atoms with van der Waals surface area (Å²) in [6.07, 6.45) is 31.9. The third-order valence-electron chi connectivity index (χ3n) is 5.14. The van der Waals surface area contributed by atoms with E-state index >= 15 is 0 Å². The smallest absolute Gasteiger partial charge is 0.373 e. The van der Waals surface area contributed by atoms with Gasteiger partial charge in [0.25, 0.3) is 0 Å². The van der Waals surface area contributed by atoms with Gasteiger partial charge in [-0.15, -0.1) is 25.7 Å². The number of allylic oxidation sites excluding steroid dienone is 4. The SMILES string of the molecule is C1CCCC1.C1CCCC1.CCC[C-]=C1CCCCC1=[C-]CCC.[Zr+4]. The molecule has 0 unspecified atom stereocenters. The van der Waals surface area contributed by atoms with Crippen LogP contribution in [0.4, 0.5) is 0 Å². The number of rotatable bonds is 4. The molecule has 0 aromatic carbocycles. The first-order chi connectivity index (χ1) is 11.9. The maximum absolute atomic E-state index is 3.55. The van der Waals surface area contributed by atoms with E-state index in [-0.39, 0.29) is 26.2 Å². The van der Waals surface area contributed by atoms with Gasteiger partial charge in [-0.05, 0) is 0 Å². The summed E-state index contributed by atoms with van der Waals surface area (Å²) in [6, 6.07) is 0. The zero-order valence-electron chi connectivity index (χ0n) is 17.2. The first-order valence-electron chi connectivity index (χ1n) is 11.1. The molecule has 1 heteroatoms. The van der Waals surface area contributed by atoms with Crippen molar-refractivity contribution < 1.29 is 26.2 Å². The van der Waals surface area contributed by atoms with E-state index in [1.54, 1.807) is 0 Å². The van der Waals surface area contributed by atoms with Crippen LogP contribution in [0.2, 0.25) is 0 Å². The fourth-order valence-corrected chi connectivity index (χ4v) is 3.62. The molecule has 0 aromatic heterocycles. The summed E-state index contributed by atoms with van der Waals surface area (Å²) in [5.41, 5.74) is 2.96. The van der Waals surface area contributed by atoms with E-state index in [1.165, 1.54) is 114 Å². The van der Waals surface area contributed by atoms with Crippen LogP contribution in [0.1, 0.15) is 129 Å². The largest absolute Gasteiger partial charge is 4.00 e. The van der Waals surface area contributed by atoms with E-state index < -0.39 is 0 Å². The summed E-state index contributed by atoms with van der Waals surface area (Å²) in [5.74, 6) is 0. The number of hydrogen-bond donors (Lipinski definition) is 0. The van der Waals surface area contributed by atoms with Crippen molar-refractivity contribution in [3.05, 3.63) is 23.3 Å². The van der Waals surface area contributed by atoms with Gasteiger partial charge >= 0.3 is 26.2 Å². The van der Waals surface area contributed by atoms with Gasteiger partial charge in [0.2, 0.25) is 0 Å². The Balaban J connectivity index is 0.000000425. The van der Waals surface area contributed by atoms with E-state index in [0.717, 1.165) is 12.8 Å². The summed E-state index contributed by atoms with van der Waals surface area (Å²) in [6.45, 7) is 4.44. The molecule has 0 amide bonds. The Labute approximate surface area is 178 Å². The second kappa shape index (κ2) is 19.1. The van der Waals surface area contributed by atoms with E-state index in [1.807, 2.05) is 0 Å². The number of unbranched alkanes of at least 4 members (excludes halogenated alkanes) is 2. The second-order valence-corrected chi connectivity index (χ2v) is 7.55. The molecule has 0 atom stereocenters. The quantitative estimate of drug-likeness (QED) is 0.399. The van der Waals surface area contributed by atoms with E-state index in [2.05, 4.69) is 26.0 Å². The Kier molecular flexibility index (Phi) is 19.4. The normalized spacial score (nSPS) is 22.6. The van der Waals surface area contributed by atoms with E-state index in [0.29, 0.717) is 0 Å². The molecule has 0 saturated heterocycles. The molecule has 0 nitrogen and oxygen atoms in total. The zero-order valence-corrected chi connectivity index (χ0v) is 19.7. The Morgan fingerprint density at radius 1 is 0.520 bits per heavy atom. The second-order valence-electron chi connectivity index (χ2n) is 7.55. The molecule has 140 valence electrons. The van der Waals surface area contributed by atoms with Crippen molar-refractivity contribution in [1.82, 2.24) is 0 Å². The van der Waals surface area contributed by atoms with Gasteiger partial charge in [-0.3, -0.25) is 0 Å². The van der Waals surface area contributed by atoms with Gasteiger partial charge in [-0.25, -0.2) is 0 Å². The molecular weight excluding hydrogens is 379 g/mol. The van der Waals surface area contributed by atoms with Crippen molar-refractivity contribution in [2.75, 3.05) is 0 Å². The molecule has 0 bridgehead atoms. The molecule has 3 rings (SSSR count). The predicted molar refractivity (Wildman–Crippen MR) is 108 cm³/mol. The Hall–Kier alpha value is 0.363. The van der Waals surface area contributed by atoms with Crippen molar-refractivity contribution in [3.63, 3.8) is 0 Å². The predicted octanol–water partition coefficient (Wildman–Crippen LogP) is 8.52. The van der Waals surface area contributed by atoms with Crippen LogP contribution in [0.15, 0.2) is 11.1 Å². The maximum Gasteiger partial charge on any atom is 4.00 e. The van der Waals surface area contributed by atoms with Crippen LogP contribution in [-0.4, -0.2) is 0 Å². The van der Waals surface area contributed by atoms with Crippen LogP contribution < -0.4 is 0 Å². The van der Waals surface area contributed by atoms with Crippen LogP contribution in [0.5, 0.6) is 0 Å². The standard InChI is InChI=1S/C14H22.2C5H10.Zr/c1-3-5-9-13-11-7-8-12-14(13)10-6-4-2;2*1-2-4-5-3-1;/h3-8,11-12H2,1-2H3;2*1-5H2;/q-2;;;+4. The zero-order chi connectivity index (χ0) is 17.3. The molecule has 3 fully saturated rings. The number of hydrogen-bond acceptors (Lipinski definition) is 0. The molecule has 0 spiro atoms. The molecule has 0 N–H and O–H groups in total. The van der Waals surface area contributed by atoms with Crippen molar-refractivity contribution in [2.24, 2.45) is 0 Å². The van der Waals surface area contributed by atoms with Crippen LogP contribution in [0.3, 0.4) is 0 Å². The molecular formula is C24H42Zr+2. The average molecular weight is 422 g/mol. The fourth-order valence-electron chi connectivity index (χ4n) is 3.62. The molecule has 0 aromatic rings. The third kappa shape index (κ3) is 14.1. The molecule has 0 heterocycles. The van der Waals surface area contributed by atoms with Gasteiger partial charge < -0.3 is 23.3 Å². The van der Waals surface area contributed by atoms with Gasteiger partial charge in [0, 0.05) is 0 Å². The molecule has 3 aliphatic carbocycles.